The number of carbonyl (C=O) groups is 2. The normalized spacial score (nSPS) is 14.0. The first-order valence-electron chi connectivity index (χ1n) is 7.36. The number of nitrogens with one attached hydrogen (secondary N) is 2. The summed E-state index contributed by atoms with van der Waals surface area (Å²) in [6.45, 7) is 0.903. The van der Waals surface area contributed by atoms with Gasteiger partial charge in [-0.25, -0.2) is 0 Å². The molecule has 0 saturated heterocycles. The minimum atomic E-state index is -0.581. The van der Waals surface area contributed by atoms with Crippen LogP contribution in [0.4, 0.5) is 0 Å². The molecule has 4 N–H and O–H groups in total. The van der Waals surface area contributed by atoms with E-state index in [0.29, 0.717) is 30.8 Å². The summed E-state index contributed by atoms with van der Waals surface area (Å²) in [7, 11) is 0. The van der Waals surface area contributed by atoms with Gasteiger partial charge in [0, 0.05) is 35.1 Å². The van der Waals surface area contributed by atoms with E-state index in [1.165, 1.54) is 0 Å². The number of fused-ring (bicyclic) bond motifs is 2. The van der Waals surface area contributed by atoms with Crippen molar-refractivity contribution in [3.8, 4) is 0 Å². The molecule has 2 amide bonds. The third-order valence-corrected chi connectivity index (χ3v) is 4.21. The summed E-state index contributed by atoms with van der Waals surface area (Å²) in [5.41, 5.74) is 8.61. The molecule has 0 atom stereocenters. The van der Waals surface area contributed by atoms with Crippen molar-refractivity contribution in [1.29, 1.82) is 0 Å². The summed E-state index contributed by atoms with van der Waals surface area (Å²) in [5.74, 6) is -0.675. The van der Waals surface area contributed by atoms with Crippen molar-refractivity contribution < 1.29 is 9.59 Å². The number of H-pyrrole nitrogens is 2. The van der Waals surface area contributed by atoms with E-state index in [1.54, 1.807) is 4.90 Å². The number of hydrogen-bond donors (Lipinski definition) is 3. The molecule has 7 nitrogen and oxygen atoms in total. The Morgan fingerprint density at radius 1 is 1.26 bits per heavy atom. The molecule has 4 rings (SSSR count). The lowest BCUT2D eigenvalue weighted by atomic mass is 10.0. The Hall–Kier alpha value is -3.09. The van der Waals surface area contributed by atoms with Crippen LogP contribution >= 0.6 is 0 Å². The average molecular weight is 309 g/mol. The summed E-state index contributed by atoms with van der Waals surface area (Å²) in [6.07, 6.45) is 0.627. The Morgan fingerprint density at radius 2 is 2.09 bits per heavy atom. The fourth-order valence-corrected chi connectivity index (χ4v) is 3.03. The van der Waals surface area contributed by atoms with Gasteiger partial charge in [0.05, 0.1) is 6.54 Å². The molecule has 0 unspecified atom stereocenters. The first-order chi connectivity index (χ1) is 11.1. The van der Waals surface area contributed by atoms with E-state index in [0.717, 1.165) is 16.6 Å². The Morgan fingerprint density at radius 3 is 2.87 bits per heavy atom. The summed E-state index contributed by atoms with van der Waals surface area (Å²) in [5, 5.41) is 7.78. The van der Waals surface area contributed by atoms with Crippen LogP contribution in [-0.4, -0.2) is 38.4 Å². The smallest absolute Gasteiger partial charge is 0.270 e. The fourth-order valence-electron chi connectivity index (χ4n) is 3.03. The van der Waals surface area contributed by atoms with Crippen molar-refractivity contribution in [3.05, 3.63) is 53.0 Å². The molecule has 0 aliphatic carbocycles. The molecule has 0 saturated carbocycles. The number of benzene rings is 1. The summed E-state index contributed by atoms with van der Waals surface area (Å²) < 4.78 is 0. The topological polar surface area (TPSA) is 108 Å². The minimum Gasteiger partial charge on any atom is -0.364 e. The molecule has 3 heterocycles. The van der Waals surface area contributed by atoms with Crippen LogP contribution in [0.15, 0.2) is 30.3 Å². The summed E-state index contributed by atoms with van der Waals surface area (Å²) >= 11 is 0. The molecule has 2 aromatic heterocycles. The van der Waals surface area contributed by atoms with Gasteiger partial charge in [0.25, 0.3) is 11.8 Å². The van der Waals surface area contributed by atoms with E-state index in [1.807, 2.05) is 30.3 Å². The molecule has 0 fully saturated rings. The van der Waals surface area contributed by atoms with Crippen molar-refractivity contribution in [2.75, 3.05) is 6.54 Å². The van der Waals surface area contributed by atoms with Gasteiger partial charge in [0.1, 0.15) is 5.69 Å². The number of hydrogen-bond acceptors (Lipinski definition) is 3. The summed E-state index contributed by atoms with van der Waals surface area (Å²) in [4.78, 5) is 29.0. The molecule has 0 radical (unpaired) electrons. The Labute approximate surface area is 131 Å². The predicted octanol–water partition coefficient (Wildman–Crippen LogP) is 1.19. The minimum absolute atomic E-state index is 0.0940. The second-order valence-corrected chi connectivity index (χ2v) is 5.64. The van der Waals surface area contributed by atoms with Gasteiger partial charge in [-0.05, 0) is 12.1 Å². The standard InChI is InChI=1S/C16H15N5O2/c17-15(22)14-10-8-21(6-5-12(10)19-20-14)16(23)13-7-9-3-1-2-4-11(9)18-13/h1-4,7,18H,5-6,8H2,(H2,17,22)(H,19,20). The van der Waals surface area contributed by atoms with Gasteiger partial charge in [-0.15, -0.1) is 0 Å². The predicted molar refractivity (Wildman–Crippen MR) is 83.8 cm³/mol. The average Bonchev–Trinajstić information content (AvgIpc) is 3.17. The largest absolute Gasteiger partial charge is 0.364 e. The number of aromatic amines is 2. The molecule has 3 aromatic rings. The van der Waals surface area contributed by atoms with Gasteiger partial charge in [0.2, 0.25) is 0 Å². The molecule has 23 heavy (non-hydrogen) atoms. The van der Waals surface area contributed by atoms with E-state index < -0.39 is 5.91 Å². The van der Waals surface area contributed by atoms with E-state index in [2.05, 4.69) is 15.2 Å². The van der Waals surface area contributed by atoms with Gasteiger partial charge >= 0.3 is 0 Å². The summed E-state index contributed by atoms with van der Waals surface area (Å²) in [6, 6.07) is 9.59. The van der Waals surface area contributed by atoms with Crippen LogP contribution in [0.2, 0.25) is 0 Å². The number of carbonyl (C=O) groups excluding carboxylic acids is 2. The third-order valence-electron chi connectivity index (χ3n) is 4.21. The van der Waals surface area contributed by atoms with E-state index in [9.17, 15) is 9.59 Å². The first kappa shape index (κ1) is 13.6. The van der Waals surface area contributed by atoms with Gasteiger partial charge in [-0.3, -0.25) is 14.7 Å². The van der Waals surface area contributed by atoms with Crippen molar-refractivity contribution in [1.82, 2.24) is 20.1 Å². The van der Waals surface area contributed by atoms with Gasteiger partial charge in [-0.2, -0.15) is 5.10 Å². The molecule has 1 aliphatic rings. The SMILES string of the molecule is NC(=O)c1n[nH]c2c1CN(C(=O)c1cc3ccccc3[nH]1)CC2. The number of rotatable bonds is 2. The zero-order valence-corrected chi connectivity index (χ0v) is 12.3. The molecule has 1 aromatic carbocycles. The van der Waals surface area contributed by atoms with Crippen LogP contribution in [0.1, 0.15) is 32.2 Å². The second kappa shape index (κ2) is 4.98. The van der Waals surface area contributed by atoms with Crippen molar-refractivity contribution in [2.24, 2.45) is 5.73 Å². The maximum absolute atomic E-state index is 12.7. The Kier molecular flexibility index (Phi) is 2.94. The quantitative estimate of drug-likeness (QED) is 0.661. The number of para-hydroxylation sites is 1. The van der Waals surface area contributed by atoms with Gasteiger partial charge in [0.15, 0.2) is 5.69 Å². The molecule has 116 valence electrons. The highest BCUT2D eigenvalue weighted by Gasteiger charge is 2.28. The van der Waals surface area contributed by atoms with Crippen LogP contribution in [0.3, 0.4) is 0 Å². The number of aromatic nitrogens is 3. The number of nitrogens with zero attached hydrogens (tertiary/aromatic N) is 2. The zero-order valence-electron chi connectivity index (χ0n) is 12.3. The molecule has 1 aliphatic heterocycles. The van der Waals surface area contributed by atoms with Crippen LogP contribution in [0, 0.1) is 0 Å². The van der Waals surface area contributed by atoms with E-state index >= 15 is 0 Å². The van der Waals surface area contributed by atoms with Crippen molar-refractivity contribution in [3.63, 3.8) is 0 Å². The third kappa shape index (κ3) is 2.17. The molecular formula is C16H15N5O2. The van der Waals surface area contributed by atoms with Gasteiger partial charge in [-0.1, -0.05) is 18.2 Å². The molecular weight excluding hydrogens is 294 g/mol. The maximum Gasteiger partial charge on any atom is 0.270 e. The van der Waals surface area contributed by atoms with Crippen LogP contribution < -0.4 is 5.73 Å². The molecule has 0 spiro atoms. The zero-order chi connectivity index (χ0) is 16.0. The lowest BCUT2D eigenvalue weighted by Gasteiger charge is -2.26. The van der Waals surface area contributed by atoms with E-state index in [4.69, 9.17) is 5.73 Å². The number of primary amides is 1. The second-order valence-electron chi connectivity index (χ2n) is 5.64. The van der Waals surface area contributed by atoms with Crippen molar-refractivity contribution in [2.45, 2.75) is 13.0 Å². The molecule has 0 bridgehead atoms. The van der Waals surface area contributed by atoms with Crippen LogP contribution in [0.5, 0.6) is 0 Å². The molecule has 7 heteroatoms. The monoisotopic (exact) mass is 309 g/mol. The van der Waals surface area contributed by atoms with Crippen LogP contribution in [-0.2, 0) is 13.0 Å². The van der Waals surface area contributed by atoms with Crippen molar-refractivity contribution >= 4 is 22.7 Å². The lowest BCUT2D eigenvalue weighted by molar-refractivity contribution is 0.0727. The Balaban J connectivity index is 1.64. The Bertz CT molecular complexity index is 891. The first-order valence-corrected chi connectivity index (χ1v) is 7.36. The van der Waals surface area contributed by atoms with Crippen LogP contribution in [0.25, 0.3) is 10.9 Å². The number of amides is 2. The highest BCUT2D eigenvalue weighted by molar-refractivity contribution is 5.98. The highest BCUT2D eigenvalue weighted by Crippen LogP contribution is 2.23. The van der Waals surface area contributed by atoms with E-state index in [-0.39, 0.29) is 11.6 Å². The maximum atomic E-state index is 12.7. The fraction of sp³-hybridized carbons (Fsp3) is 0.188. The van der Waals surface area contributed by atoms with Gasteiger partial charge < -0.3 is 15.6 Å². The lowest BCUT2D eigenvalue weighted by Crippen LogP contribution is -2.36. The highest BCUT2D eigenvalue weighted by atomic mass is 16.2. The number of nitrogens with two attached hydrogens (primary N) is 1.